The summed E-state index contributed by atoms with van der Waals surface area (Å²) in [5.41, 5.74) is 6.21. The van der Waals surface area contributed by atoms with E-state index in [2.05, 4.69) is 58.4 Å². The molecule has 1 fully saturated rings. The van der Waals surface area contributed by atoms with Crippen LogP contribution in [0.3, 0.4) is 0 Å². The van der Waals surface area contributed by atoms with Gasteiger partial charge in [-0.2, -0.15) is 0 Å². The number of aromatic nitrogens is 1. The molecule has 2 bridgehead atoms. The predicted molar refractivity (Wildman–Crippen MR) is 114 cm³/mol. The van der Waals surface area contributed by atoms with Gasteiger partial charge in [0.05, 0.1) is 5.69 Å². The van der Waals surface area contributed by atoms with E-state index in [1.54, 1.807) is 6.20 Å². The number of hydrogen-bond donors (Lipinski definition) is 1. The van der Waals surface area contributed by atoms with Gasteiger partial charge in [0.1, 0.15) is 5.60 Å². The van der Waals surface area contributed by atoms with Crippen LogP contribution in [0.15, 0.2) is 72.9 Å². The van der Waals surface area contributed by atoms with E-state index in [4.69, 9.17) is 0 Å². The molecule has 3 heteroatoms. The van der Waals surface area contributed by atoms with Crippen molar-refractivity contribution >= 4 is 0 Å². The molecule has 3 nitrogen and oxygen atoms in total. The van der Waals surface area contributed by atoms with Crippen LogP contribution >= 0.6 is 0 Å². The Hall–Kier alpha value is -2.49. The van der Waals surface area contributed by atoms with Crippen molar-refractivity contribution in [2.24, 2.45) is 0 Å². The van der Waals surface area contributed by atoms with E-state index in [1.165, 1.54) is 28.7 Å². The van der Waals surface area contributed by atoms with Gasteiger partial charge < -0.3 is 10.0 Å². The first-order valence-corrected chi connectivity index (χ1v) is 10.7. The molecule has 0 atom stereocenters. The van der Waals surface area contributed by atoms with Crippen LogP contribution in [0, 0.1) is 0 Å². The van der Waals surface area contributed by atoms with Crippen LogP contribution in [-0.4, -0.2) is 34.6 Å². The molecule has 0 radical (unpaired) electrons. The summed E-state index contributed by atoms with van der Waals surface area (Å²) in [7, 11) is 0. The molecule has 1 N–H and O–H groups in total. The van der Waals surface area contributed by atoms with E-state index < -0.39 is 5.60 Å². The number of nitrogens with zero attached hydrogens (tertiary/aromatic N) is 2. The van der Waals surface area contributed by atoms with Crippen LogP contribution in [0.4, 0.5) is 0 Å². The third kappa shape index (κ3) is 2.47. The average Bonchev–Trinajstić information content (AvgIpc) is 3.29. The molecule has 6 rings (SSSR count). The van der Waals surface area contributed by atoms with Gasteiger partial charge in [-0.25, -0.2) is 0 Å². The van der Waals surface area contributed by atoms with Crippen LogP contribution in [0.5, 0.6) is 0 Å². The zero-order valence-corrected chi connectivity index (χ0v) is 16.6. The van der Waals surface area contributed by atoms with Crippen molar-refractivity contribution in [2.45, 2.75) is 36.2 Å². The number of aliphatic hydroxyl groups is 1. The molecule has 2 aliphatic carbocycles. The van der Waals surface area contributed by atoms with E-state index in [9.17, 15) is 5.11 Å². The first-order chi connectivity index (χ1) is 14.2. The van der Waals surface area contributed by atoms with Gasteiger partial charge in [0.2, 0.25) is 0 Å². The summed E-state index contributed by atoms with van der Waals surface area (Å²) in [4.78, 5) is 7.00. The smallest absolute Gasteiger partial charge is 0.109 e. The van der Waals surface area contributed by atoms with Gasteiger partial charge in [-0.3, -0.25) is 4.98 Å². The predicted octanol–water partition coefficient (Wildman–Crippen LogP) is 4.20. The molecular formula is C26H26N2O. The number of likely N-dealkylation sites (tertiary alicyclic amines) is 1. The highest BCUT2D eigenvalue weighted by molar-refractivity contribution is 5.62. The van der Waals surface area contributed by atoms with E-state index >= 15 is 0 Å². The Morgan fingerprint density at radius 1 is 0.862 bits per heavy atom. The normalized spacial score (nSPS) is 26.9. The lowest BCUT2D eigenvalue weighted by molar-refractivity contribution is -0.0322. The molecule has 1 aliphatic heterocycles. The van der Waals surface area contributed by atoms with Gasteiger partial charge in [0, 0.05) is 37.2 Å². The number of fused-ring (bicyclic) bond motifs is 8. The van der Waals surface area contributed by atoms with Gasteiger partial charge >= 0.3 is 0 Å². The van der Waals surface area contributed by atoms with Gasteiger partial charge in [-0.1, -0.05) is 54.6 Å². The van der Waals surface area contributed by atoms with Crippen LogP contribution < -0.4 is 0 Å². The summed E-state index contributed by atoms with van der Waals surface area (Å²) >= 11 is 0. The van der Waals surface area contributed by atoms with Crippen molar-refractivity contribution in [3.63, 3.8) is 0 Å². The molecule has 29 heavy (non-hydrogen) atoms. The summed E-state index contributed by atoms with van der Waals surface area (Å²) < 4.78 is 0. The Bertz CT molecular complexity index is 1010. The Morgan fingerprint density at radius 3 is 2.10 bits per heavy atom. The summed E-state index contributed by atoms with van der Waals surface area (Å²) in [5, 5.41) is 11.2. The summed E-state index contributed by atoms with van der Waals surface area (Å²) in [5.74, 6) is 0.539. The molecular weight excluding hydrogens is 356 g/mol. The maximum absolute atomic E-state index is 11.2. The van der Waals surface area contributed by atoms with Crippen LogP contribution in [-0.2, 0) is 11.0 Å². The van der Waals surface area contributed by atoms with Gasteiger partial charge in [-0.05, 0) is 53.6 Å². The van der Waals surface area contributed by atoms with Crippen molar-refractivity contribution < 1.29 is 5.11 Å². The third-order valence-corrected chi connectivity index (χ3v) is 7.57. The number of rotatable bonds is 3. The fourth-order valence-electron chi connectivity index (χ4n) is 6.17. The highest BCUT2D eigenvalue weighted by Gasteiger charge is 2.53. The minimum atomic E-state index is -0.793. The maximum Gasteiger partial charge on any atom is 0.109 e. The number of piperidine rings is 1. The lowest BCUT2D eigenvalue weighted by atomic mass is 9.74. The quantitative estimate of drug-likeness (QED) is 0.738. The monoisotopic (exact) mass is 382 g/mol. The van der Waals surface area contributed by atoms with Crippen LogP contribution in [0.2, 0.25) is 0 Å². The summed E-state index contributed by atoms with van der Waals surface area (Å²) in [6.45, 7) is 2.85. The molecule has 0 unspecified atom stereocenters. The minimum Gasteiger partial charge on any atom is -0.383 e. The highest BCUT2D eigenvalue weighted by Crippen LogP contribution is 2.60. The topological polar surface area (TPSA) is 36.4 Å². The lowest BCUT2D eigenvalue weighted by Gasteiger charge is -2.42. The average molecular weight is 383 g/mol. The minimum absolute atomic E-state index is 0.0955. The maximum atomic E-state index is 11.2. The lowest BCUT2D eigenvalue weighted by Crippen LogP contribution is -2.48. The zero-order chi connectivity index (χ0) is 19.5. The highest BCUT2D eigenvalue weighted by atomic mass is 16.3. The van der Waals surface area contributed by atoms with Crippen molar-refractivity contribution in [3.8, 4) is 0 Å². The molecule has 3 aliphatic rings. The second kappa shape index (κ2) is 6.25. The number of hydrogen-bond acceptors (Lipinski definition) is 3. The van der Waals surface area contributed by atoms with Crippen molar-refractivity contribution in [2.75, 3.05) is 19.6 Å². The van der Waals surface area contributed by atoms with Gasteiger partial charge in [0.25, 0.3) is 0 Å². The molecule has 3 aromatic rings. The first-order valence-electron chi connectivity index (χ1n) is 10.7. The summed E-state index contributed by atoms with van der Waals surface area (Å²) in [6.07, 6.45) is 4.45. The van der Waals surface area contributed by atoms with Crippen molar-refractivity contribution in [3.05, 3.63) is 101 Å². The SMILES string of the molecule is OC1(c2ccccn2)CCN(CC23CC(c4ccccc42)c2ccccc23)CC1. The molecule has 2 heterocycles. The van der Waals surface area contributed by atoms with E-state index in [0.29, 0.717) is 5.92 Å². The van der Waals surface area contributed by atoms with E-state index in [0.717, 1.165) is 38.2 Å². The second-order valence-corrected chi connectivity index (χ2v) is 9.04. The molecule has 1 aromatic heterocycles. The Balaban J connectivity index is 1.30. The van der Waals surface area contributed by atoms with Crippen molar-refractivity contribution in [1.82, 2.24) is 9.88 Å². The summed E-state index contributed by atoms with van der Waals surface area (Å²) in [6, 6.07) is 23.9. The van der Waals surface area contributed by atoms with Crippen molar-refractivity contribution in [1.29, 1.82) is 0 Å². The first kappa shape index (κ1) is 17.4. The van der Waals surface area contributed by atoms with E-state index in [-0.39, 0.29) is 5.41 Å². The second-order valence-electron chi connectivity index (χ2n) is 9.04. The van der Waals surface area contributed by atoms with Gasteiger partial charge in [-0.15, -0.1) is 0 Å². The third-order valence-electron chi connectivity index (χ3n) is 7.57. The molecule has 1 saturated heterocycles. The Kier molecular flexibility index (Phi) is 3.75. The van der Waals surface area contributed by atoms with E-state index in [1.807, 2.05) is 18.2 Å². The van der Waals surface area contributed by atoms with Crippen LogP contribution in [0.1, 0.15) is 53.1 Å². The molecule has 0 saturated carbocycles. The zero-order valence-electron chi connectivity index (χ0n) is 16.6. The fourth-order valence-corrected chi connectivity index (χ4v) is 6.17. The fraction of sp³-hybridized carbons (Fsp3) is 0.346. The number of pyridine rings is 1. The Morgan fingerprint density at radius 2 is 1.48 bits per heavy atom. The van der Waals surface area contributed by atoms with Gasteiger partial charge in [0.15, 0.2) is 0 Å². The molecule has 0 amide bonds. The molecule has 2 aromatic carbocycles. The molecule has 0 spiro atoms. The Labute approximate surface area is 172 Å². The number of benzene rings is 2. The standard InChI is InChI=1S/C26H26N2O/c29-26(24-11-5-6-14-27-24)12-15-28(16-13-26)18-25-17-21(19-7-1-3-9-22(19)25)20-8-2-4-10-23(20)25/h1-11,14,21,29H,12-13,15-18H2. The van der Waals surface area contributed by atoms with Crippen LogP contribution in [0.25, 0.3) is 0 Å². The molecule has 146 valence electrons. The largest absolute Gasteiger partial charge is 0.383 e.